The lowest BCUT2D eigenvalue weighted by atomic mass is 10.1. The van der Waals surface area contributed by atoms with Crippen LogP contribution in [0.3, 0.4) is 0 Å². The molecule has 3 nitrogen and oxygen atoms in total. The molecular formula is C17H11N3. The number of nitriles is 1. The summed E-state index contributed by atoms with van der Waals surface area (Å²) in [7, 11) is 0. The molecule has 0 aliphatic heterocycles. The van der Waals surface area contributed by atoms with Crippen molar-refractivity contribution in [2.45, 2.75) is 0 Å². The molecule has 0 spiro atoms. The van der Waals surface area contributed by atoms with Gasteiger partial charge in [0.25, 0.3) is 0 Å². The number of nitrogens with zero attached hydrogens (tertiary/aromatic N) is 3. The summed E-state index contributed by atoms with van der Waals surface area (Å²) in [5, 5.41) is 9.21. The summed E-state index contributed by atoms with van der Waals surface area (Å²) in [6.07, 6.45) is 1.58. The molecule has 0 amide bonds. The topological polar surface area (TPSA) is 49.6 Å². The zero-order chi connectivity index (χ0) is 13.8. The minimum Gasteiger partial charge on any atom is -0.235 e. The van der Waals surface area contributed by atoms with E-state index in [0.29, 0.717) is 17.1 Å². The van der Waals surface area contributed by atoms with Crippen molar-refractivity contribution < 1.29 is 0 Å². The maximum atomic E-state index is 9.21. The van der Waals surface area contributed by atoms with Gasteiger partial charge in [0, 0.05) is 17.3 Å². The molecule has 0 atom stereocenters. The quantitative estimate of drug-likeness (QED) is 0.703. The van der Waals surface area contributed by atoms with Crippen LogP contribution in [0.25, 0.3) is 22.6 Å². The van der Waals surface area contributed by atoms with Crippen LogP contribution in [0.1, 0.15) is 5.56 Å². The highest BCUT2D eigenvalue weighted by atomic mass is 14.9. The highest BCUT2D eigenvalue weighted by Crippen LogP contribution is 2.23. The molecule has 0 saturated carbocycles. The van der Waals surface area contributed by atoms with Crippen molar-refractivity contribution in [1.29, 1.82) is 5.26 Å². The maximum Gasteiger partial charge on any atom is 0.159 e. The minimum atomic E-state index is 0.482. The molecule has 3 rings (SSSR count). The van der Waals surface area contributed by atoms with Gasteiger partial charge in [-0.15, -0.1) is 0 Å². The first kappa shape index (κ1) is 12.1. The Morgan fingerprint density at radius 2 is 1.40 bits per heavy atom. The zero-order valence-corrected chi connectivity index (χ0v) is 10.7. The van der Waals surface area contributed by atoms with Crippen molar-refractivity contribution in [3.8, 4) is 28.7 Å². The highest BCUT2D eigenvalue weighted by molar-refractivity contribution is 5.68. The molecule has 0 aliphatic rings. The summed E-state index contributed by atoms with van der Waals surface area (Å²) < 4.78 is 0. The van der Waals surface area contributed by atoms with Gasteiger partial charge in [0.15, 0.2) is 5.82 Å². The second-order valence-corrected chi connectivity index (χ2v) is 4.30. The minimum absolute atomic E-state index is 0.482. The number of aromatic nitrogens is 2. The molecule has 20 heavy (non-hydrogen) atoms. The van der Waals surface area contributed by atoms with Crippen molar-refractivity contribution in [2.75, 3.05) is 0 Å². The van der Waals surface area contributed by atoms with Crippen molar-refractivity contribution in [3.63, 3.8) is 0 Å². The van der Waals surface area contributed by atoms with E-state index in [0.717, 1.165) is 11.1 Å². The first-order chi connectivity index (χ1) is 9.88. The Morgan fingerprint density at radius 3 is 2.00 bits per heavy atom. The largest absolute Gasteiger partial charge is 0.235 e. The molecule has 1 heterocycles. The van der Waals surface area contributed by atoms with Gasteiger partial charge in [-0.3, -0.25) is 0 Å². The Balaban J connectivity index is 2.16. The Labute approximate surface area is 117 Å². The van der Waals surface area contributed by atoms with E-state index < -0.39 is 0 Å². The summed E-state index contributed by atoms with van der Waals surface area (Å²) in [4.78, 5) is 8.82. The third kappa shape index (κ3) is 2.27. The summed E-state index contributed by atoms with van der Waals surface area (Å²) in [6, 6.07) is 21.6. The van der Waals surface area contributed by atoms with Gasteiger partial charge in [-0.25, -0.2) is 9.97 Å². The zero-order valence-electron chi connectivity index (χ0n) is 10.7. The summed E-state index contributed by atoms with van der Waals surface area (Å²) in [6.45, 7) is 0. The lowest BCUT2D eigenvalue weighted by Gasteiger charge is -2.06. The van der Waals surface area contributed by atoms with Crippen LogP contribution in [0.4, 0.5) is 0 Å². The molecule has 0 saturated heterocycles. The third-order valence-corrected chi connectivity index (χ3v) is 2.99. The van der Waals surface area contributed by atoms with Crippen LogP contribution >= 0.6 is 0 Å². The molecule has 0 aliphatic carbocycles. The van der Waals surface area contributed by atoms with Gasteiger partial charge in [-0.2, -0.15) is 5.26 Å². The van der Waals surface area contributed by atoms with Crippen molar-refractivity contribution >= 4 is 0 Å². The van der Waals surface area contributed by atoms with E-state index in [-0.39, 0.29) is 0 Å². The van der Waals surface area contributed by atoms with Gasteiger partial charge in [-0.1, -0.05) is 60.7 Å². The molecule has 0 fully saturated rings. The summed E-state index contributed by atoms with van der Waals surface area (Å²) >= 11 is 0. The van der Waals surface area contributed by atoms with Crippen LogP contribution in [0.5, 0.6) is 0 Å². The van der Waals surface area contributed by atoms with Gasteiger partial charge < -0.3 is 0 Å². The fourth-order valence-electron chi connectivity index (χ4n) is 2.01. The normalized spacial score (nSPS) is 9.95. The number of hydrogen-bond acceptors (Lipinski definition) is 3. The Kier molecular flexibility index (Phi) is 3.22. The van der Waals surface area contributed by atoms with Crippen LogP contribution in [-0.2, 0) is 0 Å². The van der Waals surface area contributed by atoms with Crippen LogP contribution < -0.4 is 0 Å². The Morgan fingerprint density at radius 1 is 0.800 bits per heavy atom. The average molecular weight is 257 g/mol. The highest BCUT2D eigenvalue weighted by Gasteiger charge is 2.10. The van der Waals surface area contributed by atoms with Gasteiger partial charge >= 0.3 is 0 Å². The molecule has 0 radical (unpaired) electrons. The van der Waals surface area contributed by atoms with E-state index in [1.807, 2.05) is 60.7 Å². The van der Waals surface area contributed by atoms with Crippen molar-refractivity contribution in [3.05, 3.63) is 72.4 Å². The molecule has 1 aromatic heterocycles. The average Bonchev–Trinajstić information content (AvgIpc) is 2.56. The van der Waals surface area contributed by atoms with E-state index in [1.165, 1.54) is 0 Å². The van der Waals surface area contributed by atoms with Crippen molar-refractivity contribution in [1.82, 2.24) is 9.97 Å². The number of hydrogen-bond donors (Lipinski definition) is 0. The van der Waals surface area contributed by atoms with Gasteiger partial charge in [0.1, 0.15) is 6.07 Å². The third-order valence-electron chi connectivity index (χ3n) is 2.99. The molecule has 3 aromatic rings. The standard InChI is InChI=1S/C17H11N3/c18-11-15-12-19-17(14-9-5-2-6-10-14)20-16(15)13-7-3-1-4-8-13/h1-10,12H. The van der Waals surface area contributed by atoms with Gasteiger partial charge in [-0.05, 0) is 0 Å². The monoisotopic (exact) mass is 257 g/mol. The molecule has 0 unspecified atom stereocenters. The molecule has 94 valence electrons. The summed E-state index contributed by atoms with van der Waals surface area (Å²) in [5.74, 6) is 0.628. The molecular weight excluding hydrogens is 246 g/mol. The van der Waals surface area contributed by atoms with Gasteiger partial charge in [0.2, 0.25) is 0 Å². The fraction of sp³-hybridized carbons (Fsp3) is 0. The second kappa shape index (κ2) is 5.33. The first-order valence-electron chi connectivity index (χ1n) is 6.26. The molecule has 3 heteroatoms. The van der Waals surface area contributed by atoms with E-state index in [9.17, 15) is 5.26 Å². The van der Waals surface area contributed by atoms with Crippen LogP contribution in [0.2, 0.25) is 0 Å². The molecule has 0 N–H and O–H groups in total. The fourth-order valence-corrected chi connectivity index (χ4v) is 2.01. The second-order valence-electron chi connectivity index (χ2n) is 4.30. The smallest absolute Gasteiger partial charge is 0.159 e. The van der Waals surface area contributed by atoms with E-state index >= 15 is 0 Å². The van der Waals surface area contributed by atoms with E-state index in [1.54, 1.807) is 6.20 Å². The van der Waals surface area contributed by atoms with Crippen LogP contribution in [0.15, 0.2) is 66.9 Å². The van der Waals surface area contributed by atoms with Crippen molar-refractivity contribution in [2.24, 2.45) is 0 Å². The molecule has 2 aromatic carbocycles. The number of benzene rings is 2. The molecule has 0 bridgehead atoms. The lowest BCUT2D eigenvalue weighted by molar-refractivity contribution is 1.16. The van der Waals surface area contributed by atoms with E-state index in [2.05, 4.69) is 16.0 Å². The number of rotatable bonds is 2. The predicted octanol–water partition coefficient (Wildman–Crippen LogP) is 3.68. The maximum absolute atomic E-state index is 9.21. The Hall–Kier alpha value is -2.99. The predicted molar refractivity (Wildman–Crippen MR) is 77.6 cm³/mol. The summed E-state index contributed by atoms with van der Waals surface area (Å²) in [5.41, 5.74) is 3.01. The Bertz CT molecular complexity index is 759. The van der Waals surface area contributed by atoms with Crippen LogP contribution in [-0.4, -0.2) is 9.97 Å². The lowest BCUT2D eigenvalue weighted by Crippen LogP contribution is -1.95. The first-order valence-corrected chi connectivity index (χ1v) is 6.26. The van der Waals surface area contributed by atoms with E-state index in [4.69, 9.17) is 0 Å². The van der Waals surface area contributed by atoms with Gasteiger partial charge in [0.05, 0.1) is 11.3 Å². The van der Waals surface area contributed by atoms with Crippen LogP contribution in [0, 0.1) is 11.3 Å². The SMILES string of the molecule is N#Cc1cnc(-c2ccccc2)nc1-c1ccccc1.